The molecule has 2 aromatic carbocycles. The summed E-state index contributed by atoms with van der Waals surface area (Å²) in [5, 5.41) is 17.8. The molecule has 1 aromatic heterocycles. The zero-order valence-corrected chi connectivity index (χ0v) is 15.5. The maximum Gasteiger partial charge on any atom is 0.276 e. The van der Waals surface area contributed by atoms with Gasteiger partial charge in [-0.25, -0.2) is 4.68 Å². The number of methoxy groups -OCH3 is 2. The Morgan fingerprint density at radius 1 is 1.11 bits per heavy atom. The Balaban J connectivity index is 1.80. The molecule has 0 radical (unpaired) electrons. The summed E-state index contributed by atoms with van der Waals surface area (Å²) >= 11 is 0. The van der Waals surface area contributed by atoms with Crippen LogP contribution in [0.3, 0.4) is 0 Å². The summed E-state index contributed by atoms with van der Waals surface area (Å²) in [6, 6.07) is 10.9. The van der Waals surface area contributed by atoms with Crippen LogP contribution in [0, 0.1) is 17.0 Å². The van der Waals surface area contributed by atoms with Crippen LogP contribution in [0.2, 0.25) is 0 Å². The second-order valence-electron chi connectivity index (χ2n) is 5.90. The summed E-state index contributed by atoms with van der Waals surface area (Å²) < 4.78 is 12.0. The maximum atomic E-state index is 12.6. The Morgan fingerprint density at radius 3 is 2.36 bits per heavy atom. The van der Waals surface area contributed by atoms with Crippen LogP contribution in [0.25, 0.3) is 5.69 Å². The molecule has 0 saturated heterocycles. The van der Waals surface area contributed by atoms with Crippen molar-refractivity contribution < 1.29 is 19.2 Å². The molecule has 0 spiro atoms. The lowest BCUT2D eigenvalue weighted by atomic mass is 10.1. The zero-order chi connectivity index (χ0) is 20.3. The number of hydrogen-bond acceptors (Lipinski definition) is 6. The van der Waals surface area contributed by atoms with Crippen LogP contribution in [0.5, 0.6) is 11.5 Å². The van der Waals surface area contributed by atoms with Crippen molar-refractivity contribution in [1.82, 2.24) is 9.78 Å². The highest BCUT2D eigenvalue weighted by Crippen LogP contribution is 2.33. The van der Waals surface area contributed by atoms with Gasteiger partial charge in [0.15, 0.2) is 17.2 Å². The number of carbonyl (C=O) groups is 1. The molecule has 3 rings (SSSR count). The Kier molecular flexibility index (Phi) is 5.25. The lowest BCUT2D eigenvalue weighted by molar-refractivity contribution is -0.384. The summed E-state index contributed by atoms with van der Waals surface area (Å²) in [5.74, 6) is 0.677. The number of non-ortho nitro benzene ring substituents is 1. The monoisotopic (exact) mass is 382 g/mol. The average Bonchev–Trinajstić information content (AvgIpc) is 3.19. The largest absolute Gasteiger partial charge is 0.493 e. The summed E-state index contributed by atoms with van der Waals surface area (Å²) in [6.45, 7) is 1.84. The summed E-state index contributed by atoms with van der Waals surface area (Å²) in [5.41, 5.74) is 2.17. The van der Waals surface area contributed by atoms with E-state index in [0.717, 1.165) is 5.56 Å². The van der Waals surface area contributed by atoms with Gasteiger partial charge in [-0.2, -0.15) is 5.10 Å². The minimum atomic E-state index is -0.475. The summed E-state index contributed by atoms with van der Waals surface area (Å²) in [7, 11) is 3.06. The Morgan fingerprint density at radius 2 is 1.75 bits per heavy atom. The van der Waals surface area contributed by atoms with E-state index in [-0.39, 0.29) is 11.4 Å². The van der Waals surface area contributed by atoms with E-state index >= 15 is 0 Å². The van der Waals surface area contributed by atoms with E-state index in [1.807, 2.05) is 6.92 Å². The quantitative estimate of drug-likeness (QED) is 0.517. The van der Waals surface area contributed by atoms with E-state index in [0.29, 0.717) is 22.9 Å². The first-order valence-electron chi connectivity index (χ1n) is 8.27. The van der Waals surface area contributed by atoms with Crippen molar-refractivity contribution in [2.24, 2.45) is 0 Å². The molecule has 9 nitrogen and oxygen atoms in total. The van der Waals surface area contributed by atoms with Crippen LogP contribution >= 0.6 is 0 Å². The van der Waals surface area contributed by atoms with Crippen molar-refractivity contribution in [1.29, 1.82) is 0 Å². The number of benzene rings is 2. The second kappa shape index (κ2) is 7.78. The van der Waals surface area contributed by atoms with Gasteiger partial charge in [0.1, 0.15) is 0 Å². The number of carbonyl (C=O) groups excluding carboxylic acids is 1. The zero-order valence-electron chi connectivity index (χ0n) is 15.5. The number of nitrogens with zero attached hydrogens (tertiary/aromatic N) is 3. The molecule has 0 fully saturated rings. The molecule has 144 valence electrons. The first kappa shape index (κ1) is 18.9. The van der Waals surface area contributed by atoms with Crippen molar-refractivity contribution in [2.45, 2.75) is 6.92 Å². The van der Waals surface area contributed by atoms with Crippen molar-refractivity contribution in [2.75, 3.05) is 19.5 Å². The number of nitro groups is 1. The molecule has 1 amide bonds. The van der Waals surface area contributed by atoms with Gasteiger partial charge in [-0.1, -0.05) is 0 Å². The van der Waals surface area contributed by atoms with Gasteiger partial charge in [0, 0.05) is 30.1 Å². The molecule has 0 unspecified atom stereocenters. The number of rotatable bonds is 6. The van der Waals surface area contributed by atoms with Gasteiger partial charge < -0.3 is 14.8 Å². The van der Waals surface area contributed by atoms with E-state index < -0.39 is 10.8 Å². The Labute approximate surface area is 160 Å². The average molecular weight is 382 g/mol. The van der Waals surface area contributed by atoms with Gasteiger partial charge >= 0.3 is 0 Å². The van der Waals surface area contributed by atoms with Crippen LogP contribution in [0.15, 0.2) is 48.7 Å². The standard InChI is InChI=1S/C19H18N4O5/c1-12-10-17(27-2)18(28-3)11-16(12)20-19(24)15-8-9-22(21-15)13-4-6-14(7-5-13)23(25)26/h4-11H,1-3H3,(H,20,24). The fourth-order valence-corrected chi connectivity index (χ4v) is 2.62. The van der Waals surface area contributed by atoms with Crippen LogP contribution in [-0.2, 0) is 0 Å². The van der Waals surface area contributed by atoms with Crippen LogP contribution in [0.4, 0.5) is 11.4 Å². The van der Waals surface area contributed by atoms with E-state index in [1.165, 1.54) is 23.9 Å². The number of aryl methyl sites for hydroxylation is 1. The number of ether oxygens (including phenoxy) is 2. The normalized spacial score (nSPS) is 10.4. The van der Waals surface area contributed by atoms with Crippen molar-refractivity contribution in [3.8, 4) is 17.2 Å². The second-order valence-corrected chi connectivity index (χ2v) is 5.90. The molecule has 0 atom stereocenters. The molecule has 9 heteroatoms. The number of nitrogens with one attached hydrogen (secondary N) is 1. The number of amides is 1. The minimum absolute atomic E-state index is 0.0159. The molecule has 0 aliphatic heterocycles. The van der Waals surface area contributed by atoms with Gasteiger partial charge in [0.2, 0.25) is 0 Å². The SMILES string of the molecule is COc1cc(C)c(NC(=O)c2ccn(-c3ccc([N+](=O)[O-])cc3)n2)cc1OC. The first-order chi connectivity index (χ1) is 13.4. The third-order valence-electron chi connectivity index (χ3n) is 4.13. The van der Waals surface area contributed by atoms with Crippen LogP contribution in [-0.4, -0.2) is 34.8 Å². The van der Waals surface area contributed by atoms with Crippen LogP contribution < -0.4 is 14.8 Å². The molecular weight excluding hydrogens is 364 g/mol. The molecule has 3 aromatic rings. The highest BCUT2D eigenvalue weighted by Gasteiger charge is 2.15. The van der Waals surface area contributed by atoms with E-state index in [1.54, 1.807) is 43.6 Å². The number of nitro benzene ring substituents is 1. The lowest BCUT2D eigenvalue weighted by Crippen LogP contribution is -2.14. The topological polar surface area (TPSA) is 109 Å². The summed E-state index contributed by atoms with van der Waals surface area (Å²) in [6.07, 6.45) is 1.61. The van der Waals surface area contributed by atoms with Crippen LogP contribution in [0.1, 0.15) is 16.1 Å². The minimum Gasteiger partial charge on any atom is -0.493 e. The number of aromatic nitrogens is 2. The van der Waals surface area contributed by atoms with Crippen molar-refractivity contribution in [3.63, 3.8) is 0 Å². The predicted octanol–water partition coefficient (Wildman–Crippen LogP) is 3.36. The molecule has 28 heavy (non-hydrogen) atoms. The third-order valence-corrected chi connectivity index (χ3v) is 4.13. The van der Waals surface area contributed by atoms with Crippen molar-refractivity contribution in [3.05, 3.63) is 70.0 Å². The molecule has 0 bridgehead atoms. The smallest absolute Gasteiger partial charge is 0.276 e. The summed E-state index contributed by atoms with van der Waals surface area (Å²) in [4.78, 5) is 22.8. The number of anilines is 1. The van der Waals surface area contributed by atoms with Gasteiger partial charge in [-0.05, 0) is 36.8 Å². The van der Waals surface area contributed by atoms with Gasteiger partial charge in [0.05, 0.1) is 24.8 Å². The Hall–Kier alpha value is -3.88. The molecule has 0 saturated carbocycles. The fraction of sp³-hybridized carbons (Fsp3) is 0.158. The fourth-order valence-electron chi connectivity index (χ4n) is 2.62. The van der Waals surface area contributed by atoms with Crippen molar-refractivity contribution >= 4 is 17.3 Å². The highest BCUT2D eigenvalue weighted by molar-refractivity contribution is 6.03. The molecule has 1 heterocycles. The lowest BCUT2D eigenvalue weighted by Gasteiger charge is -2.13. The molecule has 0 aliphatic carbocycles. The van der Waals surface area contributed by atoms with E-state index in [9.17, 15) is 14.9 Å². The van der Waals surface area contributed by atoms with Gasteiger partial charge in [0.25, 0.3) is 11.6 Å². The van der Waals surface area contributed by atoms with E-state index in [4.69, 9.17) is 9.47 Å². The van der Waals surface area contributed by atoms with Gasteiger partial charge in [-0.3, -0.25) is 14.9 Å². The molecule has 0 aliphatic rings. The first-order valence-corrected chi connectivity index (χ1v) is 8.27. The van der Waals surface area contributed by atoms with Gasteiger partial charge in [-0.15, -0.1) is 0 Å². The maximum absolute atomic E-state index is 12.6. The third kappa shape index (κ3) is 3.78. The highest BCUT2D eigenvalue weighted by atomic mass is 16.6. The predicted molar refractivity (Wildman–Crippen MR) is 102 cm³/mol. The molecular formula is C19H18N4O5. The molecule has 1 N–H and O–H groups in total. The Bertz CT molecular complexity index is 1030. The van der Waals surface area contributed by atoms with E-state index in [2.05, 4.69) is 10.4 Å². The number of hydrogen-bond donors (Lipinski definition) is 1.